The Morgan fingerprint density at radius 2 is 1.78 bits per heavy atom. The lowest BCUT2D eigenvalue weighted by Gasteiger charge is -2.30. The first-order valence-electron chi connectivity index (χ1n) is 9.55. The number of hydrogen-bond acceptors (Lipinski definition) is 8. The fourth-order valence-corrected chi connectivity index (χ4v) is 7.13. The molecule has 2 amide bonds. The van der Waals surface area contributed by atoms with Gasteiger partial charge in [0.15, 0.2) is 3.95 Å². The highest BCUT2D eigenvalue weighted by molar-refractivity contribution is 8.01. The molecule has 3 aromatic rings. The maximum Gasteiger partial charge on any atom is 0.269 e. The molecule has 5 rings (SSSR count). The molecule has 1 aromatic heterocycles. The summed E-state index contributed by atoms with van der Waals surface area (Å²) in [7, 11) is 1.58. The number of ether oxygens (including phenoxy) is 1. The first-order chi connectivity index (χ1) is 15.4. The van der Waals surface area contributed by atoms with Crippen molar-refractivity contribution in [1.82, 2.24) is 4.98 Å². The summed E-state index contributed by atoms with van der Waals surface area (Å²) in [5.74, 6) is -0.941. The number of amides is 2. The van der Waals surface area contributed by atoms with Gasteiger partial charge in [0, 0.05) is 22.9 Å². The number of nitrogens with one attached hydrogen (secondary N) is 1. The van der Waals surface area contributed by atoms with Crippen LogP contribution in [0.25, 0.3) is 0 Å². The van der Waals surface area contributed by atoms with Crippen molar-refractivity contribution >= 4 is 58.5 Å². The van der Waals surface area contributed by atoms with Crippen LogP contribution in [0.2, 0.25) is 0 Å². The van der Waals surface area contributed by atoms with Crippen molar-refractivity contribution in [3.05, 3.63) is 73.0 Å². The number of carbonyl (C=O) groups excluding carboxylic acids is 2. The van der Waals surface area contributed by atoms with Crippen LogP contribution >= 0.6 is 35.3 Å². The molecule has 0 aliphatic carbocycles. The van der Waals surface area contributed by atoms with Gasteiger partial charge in [-0.05, 0) is 42.0 Å². The van der Waals surface area contributed by atoms with E-state index in [4.69, 9.17) is 17.0 Å². The van der Waals surface area contributed by atoms with Crippen molar-refractivity contribution in [2.45, 2.75) is 16.2 Å². The van der Waals surface area contributed by atoms with E-state index in [0.717, 1.165) is 20.4 Å². The number of H-pyrrole nitrogens is 1. The number of anilines is 1. The van der Waals surface area contributed by atoms with Crippen LogP contribution in [0.1, 0.15) is 16.4 Å². The SMILES string of the molecule is COc1ccc([C@H]2c3sc(=S)[nH]c3S[C@H]3C(=O)N(c4ccc([N+](=O)[O-])cc4)C(=O)[C@H]23)cc1. The van der Waals surface area contributed by atoms with E-state index in [0.29, 0.717) is 15.4 Å². The van der Waals surface area contributed by atoms with Crippen molar-refractivity contribution in [2.75, 3.05) is 12.0 Å². The van der Waals surface area contributed by atoms with Crippen LogP contribution in [0.3, 0.4) is 0 Å². The fourth-order valence-electron chi connectivity index (χ4n) is 4.17. The number of benzene rings is 2. The van der Waals surface area contributed by atoms with Crippen LogP contribution < -0.4 is 9.64 Å². The van der Waals surface area contributed by atoms with Crippen LogP contribution in [0, 0.1) is 20.0 Å². The fraction of sp³-hybridized carbons (Fsp3) is 0.190. The number of hydrogen-bond donors (Lipinski definition) is 1. The zero-order valence-electron chi connectivity index (χ0n) is 16.5. The lowest BCUT2D eigenvalue weighted by Crippen LogP contribution is -2.32. The van der Waals surface area contributed by atoms with Gasteiger partial charge in [-0.3, -0.25) is 19.7 Å². The van der Waals surface area contributed by atoms with Gasteiger partial charge >= 0.3 is 0 Å². The standard InChI is InChI=1S/C21H15N3O5S3/c1-29-13-8-2-10(3-9-13)14-15-17(31-18-16(14)32-21(30)22-18)20(26)23(19(15)25)11-4-6-12(7-5-11)24(27)28/h2-9,14-15,17H,1H3,(H,22,30)/t14-,15-,17-/m1/s1. The van der Waals surface area contributed by atoms with Gasteiger partial charge < -0.3 is 9.72 Å². The highest BCUT2D eigenvalue weighted by atomic mass is 32.2. The summed E-state index contributed by atoms with van der Waals surface area (Å²) in [6.07, 6.45) is 0. The molecule has 8 nitrogen and oxygen atoms in total. The van der Waals surface area contributed by atoms with Crippen molar-refractivity contribution in [1.29, 1.82) is 0 Å². The minimum absolute atomic E-state index is 0.106. The third kappa shape index (κ3) is 3.24. The summed E-state index contributed by atoms with van der Waals surface area (Å²) in [5.41, 5.74) is 1.11. The summed E-state index contributed by atoms with van der Waals surface area (Å²) in [6.45, 7) is 0. The Balaban J connectivity index is 1.59. The van der Waals surface area contributed by atoms with Crippen LogP contribution in [-0.4, -0.2) is 34.1 Å². The molecule has 1 fully saturated rings. The summed E-state index contributed by atoms with van der Waals surface area (Å²) < 4.78 is 5.85. The molecule has 1 N–H and O–H groups in total. The molecule has 3 atom stereocenters. The van der Waals surface area contributed by atoms with Gasteiger partial charge in [-0.2, -0.15) is 0 Å². The maximum absolute atomic E-state index is 13.6. The summed E-state index contributed by atoms with van der Waals surface area (Å²) in [4.78, 5) is 42.6. The smallest absolute Gasteiger partial charge is 0.269 e. The minimum Gasteiger partial charge on any atom is -0.497 e. The number of nitro benzene ring substituents is 1. The average Bonchev–Trinajstić information content (AvgIpc) is 3.28. The number of thiazole rings is 1. The number of nitrogens with zero attached hydrogens (tertiary/aromatic N) is 2. The minimum atomic E-state index is -0.627. The highest BCUT2D eigenvalue weighted by Crippen LogP contribution is 2.54. The lowest BCUT2D eigenvalue weighted by molar-refractivity contribution is -0.384. The average molecular weight is 486 g/mol. The Labute approximate surface area is 195 Å². The second-order valence-corrected chi connectivity index (χ2v) is 10.2. The number of methoxy groups -OCH3 is 1. The van der Waals surface area contributed by atoms with Gasteiger partial charge in [-0.25, -0.2) is 4.90 Å². The van der Waals surface area contributed by atoms with E-state index in [1.54, 1.807) is 7.11 Å². The van der Waals surface area contributed by atoms with Crippen LogP contribution in [-0.2, 0) is 9.59 Å². The summed E-state index contributed by atoms with van der Waals surface area (Å²) >= 11 is 8.06. The van der Waals surface area contributed by atoms with Crippen LogP contribution in [0.4, 0.5) is 11.4 Å². The number of thioether (sulfide) groups is 1. The van der Waals surface area contributed by atoms with E-state index in [-0.39, 0.29) is 23.4 Å². The third-order valence-corrected chi connectivity index (χ3v) is 8.37. The number of imide groups is 1. The number of aromatic nitrogens is 1. The van der Waals surface area contributed by atoms with E-state index in [1.807, 2.05) is 24.3 Å². The molecule has 11 heteroatoms. The monoisotopic (exact) mass is 485 g/mol. The number of non-ortho nitro benzene ring substituents is 1. The first-order valence-corrected chi connectivity index (χ1v) is 11.7. The van der Waals surface area contributed by atoms with Gasteiger partial charge in [0.2, 0.25) is 11.8 Å². The number of aromatic amines is 1. The molecular weight excluding hydrogens is 470 g/mol. The van der Waals surface area contributed by atoms with Gasteiger partial charge in [0.05, 0.1) is 28.7 Å². The van der Waals surface area contributed by atoms with Crippen molar-refractivity contribution in [2.24, 2.45) is 5.92 Å². The van der Waals surface area contributed by atoms with Crippen LogP contribution in [0.5, 0.6) is 5.75 Å². The molecule has 162 valence electrons. The van der Waals surface area contributed by atoms with Gasteiger partial charge in [0.1, 0.15) is 11.0 Å². The zero-order valence-corrected chi connectivity index (χ0v) is 19.0. The van der Waals surface area contributed by atoms with Crippen molar-refractivity contribution in [3.63, 3.8) is 0 Å². The quantitative estimate of drug-likeness (QED) is 0.251. The molecule has 32 heavy (non-hydrogen) atoms. The predicted molar refractivity (Wildman–Crippen MR) is 123 cm³/mol. The molecule has 2 aliphatic rings. The van der Waals surface area contributed by atoms with Crippen molar-refractivity contribution < 1.29 is 19.2 Å². The summed E-state index contributed by atoms with van der Waals surface area (Å²) in [6, 6.07) is 12.9. The van der Waals surface area contributed by atoms with E-state index in [9.17, 15) is 19.7 Å². The molecule has 0 unspecified atom stereocenters. The highest BCUT2D eigenvalue weighted by Gasteiger charge is 2.56. The van der Waals surface area contributed by atoms with E-state index < -0.39 is 16.1 Å². The Hall–Kier alpha value is -3.02. The molecule has 1 saturated heterocycles. The molecular formula is C21H15N3O5S3. The third-order valence-electron chi connectivity index (χ3n) is 5.62. The van der Waals surface area contributed by atoms with Crippen LogP contribution in [0.15, 0.2) is 53.6 Å². The molecule has 0 bridgehead atoms. The Morgan fingerprint density at radius 1 is 1.09 bits per heavy atom. The number of rotatable bonds is 4. The zero-order chi connectivity index (χ0) is 22.6. The Kier molecular flexibility index (Phi) is 5.11. The Bertz CT molecular complexity index is 1300. The lowest BCUT2D eigenvalue weighted by atomic mass is 9.83. The number of nitro groups is 1. The Morgan fingerprint density at radius 3 is 2.41 bits per heavy atom. The van der Waals surface area contributed by atoms with Gasteiger partial charge in [-0.15, -0.1) is 11.3 Å². The largest absolute Gasteiger partial charge is 0.497 e. The second-order valence-electron chi connectivity index (χ2n) is 7.31. The van der Waals surface area contributed by atoms with Gasteiger partial charge in [-0.1, -0.05) is 23.9 Å². The number of carbonyl (C=O) groups is 2. The van der Waals surface area contributed by atoms with E-state index in [1.165, 1.54) is 47.4 Å². The normalized spacial score (nSPS) is 21.9. The van der Waals surface area contributed by atoms with E-state index in [2.05, 4.69) is 4.98 Å². The second kappa shape index (κ2) is 7.84. The molecule has 3 heterocycles. The molecule has 0 spiro atoms. The maximum atomic E-state index is 13.6. The van der Waals surface area contributed by atoms with Gasteiger partial charge in [0.25, 0.3) is 5.69 Å². The van der Waals surface area contributed by atoms with Crippen molar-refractivity contribution in [3.8, 4) is 5.75 Å². The topological polar surface area (TPSA) is 106 Å². The predicted octanol–water partition coefficient (Wildman–Crippen LogP) is 4.52. The molecule has 2 aliphatic heterocycles. The molecule has 0 saturated carbocycles. The molecule has 2 aromatic carbocycles. The molecule has 0 radical (unpaired) electrons. The summed E-state index contributed by atoms with van der Waals surface area (Å²) in [5, 5.41) is 11.1. The van der Waals surface area contributed by atoms with E-state index >= 15 is 0 Å². The first kappa shape index (κ1) is 20.9. The number of fused-ring (bicyclic) bond motifs is 2.